The van der Waals surface area contributed by atoms with E-state index < -0.39 is 23.9 Å². The lowest BCUT2D eigenvalue weighted by molar-refractivity contribution is -0.163. The van der Waals surface area contributed by atoms with E-state index in [1.165, 1.54) is 0 Å². The molecule has 1 rings (SSSR count). The van der Waals surface area contributed by atoms with Crippen LogP contribution in [0, 0.1) is 5.92 Å². The fourth-order valence-electron chi connectivity index (χ4n) is 1.97. The molecule has 18 heavy (non-hydrogen) atoms. The molecule has 1 saturated heterocycles. The summed E-state index contributed by atoms with van der Waals surface area (Å²) in [5.41, 5.74) is 0. The molecule has 6 nitrogen and oxygen atoms in total. The Balaban J connectivity index is 2.78. The number of piperidine rings is 1. The molecule has 1 amide bonds. The zero-order valence-electron chi connectivity index (χ0n) is 10.7. The van der Waals surface area contributed by atoms with Crippen molar-refractivity contribution >= 4 is 17.8 Å². The third kappa shape index (κ3) is 3.72. The molecular formula is C12H19NO5. The van der Waals surface area contributed by atoms with Gasteiger partial charge in [0.15, 0.2) is 5.92 Å². The molecule has 0 unspecified atom stereocenters. The predicted octanol–water partition coefficient (Wildman–Crippen LogP) is 0.398. The van der Waals surface area contributed by atoms with Gasteiger partial charge in [0.05, 0.1) is 19.3 Å². The normalized spacial score (nSPS) is 19.3. The summed E-state index contributed by atoms with van der Waals surface area (Å²) in [7, 11) is 0. The molecule has 0 aromatic rings. The van der Waals surface area contributed by atoms with Gasteiger partial charge in [-0.25, -0.2) is 0 Å². The average Bonchev–Trinajstić information content (AvgIpc) is 2.30. The van der Waals surface area contributed by atoms with Crippen LogP contribution >= 0.6 is 0 Å². The fourth-order valence-corrected chi connectivity index (χ4v) is 1.97. The van der Waals surface area contributed by atoms with E-state index in [9.17, 15) is 14.4 Å². The van der Waals surface area contributed by atoms with Crippen LogP contribution in [-0.2, 0) is 23.9 Å². The standard InChI is InChI=1S/C12H19NO5/c1-3-17-11(15)10(12(16)18-4-2)8-6-5-7-9(14)13-8/h8,10H,3-7H2,1-2H3,(H,13,14)/t8-/m1/s1. The van der Waals surface area contributed by atoms with Crippen LogP contribution < -0.4 is 5.32 Å². The van der Waals surface area contributed by atoms with E-state index in [4.69, 9.17) is 9.47 Å². The predicted molar refractivity (Wildman–Crippen MR) is 62.5 cm³/mol. The van der Waals surface area contributed by atoms with Gasteiger partial charge in [0.25, 0.3) is 0 Å². The van der Waals surface area contributed by atoms with Crippen LogP contribution in [0.25, 0.3) is 0 Å². The first-order chi connectivity index (χ1) is 8.60. The lowest BCUT2D eigenvalue weighted by Crippen LogP contribution is -2.50. The molecule has 1 heterocycles. The Labute approximate surface area is 106 Å². The number of carbonyl (C=O) groups excluding carboxylic acids is 3. The zero-order chi connectivity index (χ0) is 13.5. The van der Waals surface area contributed by atoms with Gasteiger partial charge in [-0.1, -0.05) is 0 Å². The number of hydrogen-bond donors (Lipinski definition) is 1. The first-order valence-electron chi connectivity index (χ1n) is 6.22. The van der Waals surface area contributed by atoms with E-state index in [1.54, 1.807) is 13.8 Å². The van der Waals surface area contributed by atoms with Gasteiger partial charge in [0.2, 0.25) is 5.91 Å². The Hall–Kier alpha value is -1.59. The van der Waals surface area contributed by atoms with Gasteiger partial charge in [-0.3, -0.25) is 14.4 Å². The van der Waals surface area contributed by atoms with Gasteiger partial charge in [0, 0.05) is 6.42 Å². The zero-order valence-corrected chi connectivity index (χ0v) is 10.7. The summed E-state index contributed by atoms with van der Waals surface area (Å²) >= 11 is 0. The largest absolute Gasteiger partial charge is 0.465 e. The van der Waals surface area contributed by atoms with Crippen molar-refractivity contribution in [2.45, 2.75) is 39.2 Å². The molecule has 6 heteroatoms. The quantitative estimate of drug-likeness (QED) is 0.569. The number of ether oxygens (including phenoxy) is 2. The molecule has 0 spiro atoms. The summed E-state index contributed by atoms with van der Waals surface area (Å²) in [5.74, 6) is -2.48. The summed E-state index contributed by atoms with van der Waals surface area (Å²) < 4.78 is 9.74. The van der Waals surface area contributed by atoms with E-state index in [0.717, 1.165) is 0 Å². The lowest BCUT2D eigenvalue weighted by Gasteiger charge is -2.28. The third-order valence-corrected chi connectivity index (χ3v) is 2.75. The third-order valence-electron chi connectivity index (χ3n) is 2.75. The van der Waals surface area contributed by atoms with E-state index in [2.05, 4.69) is 5.32 Å². The lowest BCUT2D eigenvalue weighted by atomic mass is 9.92. The highest BCUT2D eigenvalue weighted by molar-refractivity contribution is 5.96. The second-order valence-corrected chi connectivity index (χ2v) is 4.05. The van der Waals surface area contributed by atoms with Gasteiger partial charge >= 0.3 is 11.9 Å². The van der Waals surface area contributed by atoms with E-state index in [1.807, 2.05) is 0 Å². The average molecular weight is 257 g/mol. The summed E-state index contributed by atoms with van der Waals surface area (Å²) in [6.07, 6.45) is 1.66. The van der Waals surface area contributed by atoms with Gasteiger partial charge < -0.3 is 14.8 Å². The van der Waals surface area contributed by atoms with Crippen LogP contribution in [0.2, 0.25) is 0 Å². The minimum Gasteiger partial charge on any atom is -0.465 e. The SMILES string of the molecule is CCOC(=O)C(C(=O)OCC)[C@H]1CCCC(=O)N1. The fraction of sp³-hybridized carbons (Fsp3) is 0.750. The number of nitrogens with one attached hydrogen (secondary N) is 1. The number of rotatable bonds is 5. The van der Waals surface area contributed by atoms with Crippen molar-refractivity contribution in [3.63, 3.8) is 0 Å². The smallest absolute Gasteiger partial charge is 0.322 e. The highest BCUT2D eigenvalue weighted by Crippen LogP contribution is 2.19. The maximum Gasteiger partial charge on any atom is 0.322 e. The van der Waals surface area contributed by atoms with E-state index >= 15 is 0 Å². The molecule has 1 aliphatic heterocycles. The van der Waals surface area contributed by atoms with Crippen LogP contribution in [0.15, 0.2) is 0 Å². The molecule has 0 saturated carbocycles. The maximum absolute atomic E-state index is 11.8. The van der Waals surface area contributed by atoms with E-state index in [-0.39, 0.29) is 19.1 Å². The molecular weight excluding hydrogens is 238 g/mol. The minimum atomic E-state index is -1.06. The van der Waals surface area contributed by atoms with Crippen molar-refractivity contribution in [2.24, 2.45) is 5.92 Å². The van der Waals surface area contributed by atoms with Crippen molar-refractivity contribution in [3.8, 4) is 0 Å². The maximum atomic E-state index is 11.8. The Morgan fingerprint density at radius 1 is 1.28 bits per heavy atom. The van der Waals surface area contributed by atoms with Crippen LogP contribution in [-0.4, -0.2) is 37.1 Å². The topological polar surface area (TPSA) is 81.7 Å². The summed E-state index contributed by atoms with van der Waals surface area (Å²) in [6.45, 7) is 3.71. The number of carbonyl (C=O) groups is 3. The first-order valence-corrected chi connectivity index (χ1v) is 6.22. The minimum absolute atomic E-state index is 0.148. The van der Waals surface area contributed by atoms with Crippen molar-refractivity contribution in [1.29, 1.82) is 0 Å². The van der Waals surface area contributed by atoms with Crippen molar-refractivity contribution < 1.29 is 23.9 Å². The Bertz CT molecular complexity index is 310. The highest BCUT2D eigenvalue weighted by Gasteiger charge is 2.39. The molecule has 1 atom stereocenters. The van der Waals surface area contributed by atoms with Crippen molar-refractivity contribution in [2.75, 3.05) is 13.2 Å². The van der Waals surface area contributed by atoms with Gasteiger partial charge in [0.1, 0.15) is 0 Å². The molecule has 0 aromatic carbocycles. The molecule has 1 N–H and O–H groups in total. The highest BCUT2D eigenvalue weighted by atomic mass is 16.6. The monoisotopic (exact) mass is 257 g/mol. The Kier molecular flexibility index (Phi) is 5.61. The van der Waals surface area contributed by atoms with Crippen LogP contribution in [0.5, 0.6) is 0 Å². The van der Waals surface area contributed by atoms with Crippen LogP contribution in [0.4, 0.5) is 0 Å². The molecule has 102 valence electrons. The number of hydrogen-bond acceptors (Lipinski definition) is 5. The van der Waals surface area contributed by atoms with Gasteiger partial charge in [-0.05, 0) is 26.7 Å². The number of esters is 2. The molecule has 0 bridgehead atoms. The molecule has 1 fully saturated rings. The van der Waals surface area contributed by atoms with Crippen molar-refractivity contribution in [3.05, 3.63) is 0 Å². The summed E-state index contributed by atoms with van der Waals surface area (Å²) in [5, 5.41) is 2.65. The second kappa shape index (κ2) is 6.98. The molecule has 0 radical (unpaired) electrons. The second-order valence-electron chi connectivity index (χ2n) is 4.05. The Morgan fingerprint density at radius 3 is 2.28 bits per heavy atom. The van der Waals surface area contributed by atoms with Crippen molar-refractivity contribution in [1.82, 2.24) is 5.32 Å². The molecule has 1 aliphatic rings. The molecule has 0 aliphatic carbocycles. The van der Waals surface area contributed by atoms with Gasteiger partial charge in [-0.15, -0.1) is 0 Å². The van der Waals surface area contributed by atoms with Gasteiger partial charge in [-0.2, -0.15) is 0 Å². The number of amides is 1. The summed E-state index contributed by atoms with van der Waals surface area (Å²) in [6, 6.07) is -0.524. The van der Waals surface area contributed by atoms with Crippen LogP contribution in [0.1, 0.15) is 33.1 Å². The first kappa shape index (κ1) is 14.5. The summed E-state index contributed by atoms with van der Waals surface area (Å²) in [4.78, 5) is 34.9. The molecule has 0 aromatic heterocycles. The van der Waals surface area contributed by atoms with E-state index in [0.29, 0.717) is 19.3 Å². The Morgan fingerprint density at radius 2 is 1.83 bits per heavy atom. The van der Waals surface area contributed by atoms with Crippen LogP contribution in [0.3, 0.4) is 0 Å².